The Labute approximate surface area is 115 Å². The molecule has 0 amide bonds. The molecule has 0 radical (unpaired) electrons. The Hall–Kier alpha value is -1.13. The standard InChI is InChI=1S/C15H25N3O/c1-4-13(16-3)14-6-5-12(9-17-14)18-8-7-15(19)11(2)10-18/h5-6,9,11,13,15-16,19H,4,7-8,10H2,1-3H3. The van der Waals surface area contributed by atoms with Crippen molar-refractivity contribution in [3.63, 3.8) is 0 Å². The summed E-state index contributed by atoms with van der Waals surface area (Å²) in [6, 6.07) is 4.58. The topological polar surface area (TPSA) is 48.4 Å². The van der Waals surface area contributed by atoms with Gasteiger partial charge in [0.1, 0.15) is 0 Å². The maximum absolute atomic E-state index is 9.77. The number of nitrogens with zero attached hydrogens (tertiary/aromatic N) is 2. The van der Waals surface area contributed by atoms with Crippen LogP contribution in [0.25, 0.3) is 0 Å². The number of pyridine rings is 1. The highest BCUT2D eigenvalue weighted by Gasteiger charge is 2.24. The van der Waals surface area contributed by atoms with Crippen LogP contribution in [0.3, 0.4) is 0 Å². The SMILES string of the molecule is CCC(NC)c1ccc(N2CCC(O)C(C)C2)cn1. The van der Waals surface area contributed by atoms with E-state index in [4.69, 9.17) is 0 Å². The minimum Gasteiger partial charge on any atom is -0.393 e. The first kappa shape index (κ1) is 14.3. The van der Waals surface area contributed by atoms with E-state index in [0.29, 0.717) is 12.0 Å². The fourth-order valence-corrected chi connectivity index (χ4v) is 2.72. The molecule has 0 bridgehead atoms. The van der Waals surface area contributed by atoms with Gasteiger partial charge in [0.15, 0.2) is 0 Å². The lowest BCUT2D eigenvalue weighted by molar-refractivity contribution is 0.0971. The summed E-state index contributed by atoms with van der Waals surface area (Å²) in [5, 5.41) is 13.0. The van der Waals surface area contributed by atoms with Gasteiger partial charge in [-0.05, 0) is 37.9 Å². The summed E-state index contributed by atoms with van der Waals surface area (Å²) < 4.78 is 0. The van der Waals surface area contributed by atoms with Gasteiger partial charge in [-0.25, -0.2) is 0 Å². The van der Waals surface area contributed by atoms with E-state index in [1.54, 1.807) is 0 Å². The van der Waals surface area contributed by atoms with E-state index < -0.39 is 0 Å². The van der Waals surface area contributed by atoms with Gasteiger partial charge < -0.3 is 15.3 Å². The van der Waals surface area contributed by atoms with Crippen molar-refractivity contribution in [2.45, 2.75) is 38.8 Å². The van der Waals surface area contributed by atoms with Gasteiger partial charge in [0.05, 0.1) is 23.7 Å². The second-order valence-corrected chi connectivity index (χ2v) is 5.47. The first-order valence-electron chi connectivity index (χ1n) is 7.22. The molecule has 2 N–H and O–H groups in total. The summed E-state index contributed by atoms with van der Waals surface area (Å²) in [4.78, 5) is 6.89. The highest BCUT2D eigenvalue weighted by Crippen LogP contribution is 2.24. The molecule has 4 nitrogen and oxygen atoms in total. The second-order valence-electron chi connectivity index (χ2n) is 5.47. The molecule has 3 unspecified atom stereocenters. The Bertz CT molecular complexity index is 389. The number of piperidine rings is 1. The second kappa shape index (κ2) is 6.35. The average molecular weight is 263 g/mol. The molecule has 106 valence electrons. The van der Waals surface area contributed by atoms with Crippen LogP contribution in [0.5, 0.6) is 0 Å². The summed E-state index contributed by atoms with van der Waals surface area (Å²) in [6.07, 6.45) is 3.68. The van der Waals surface area contributed by atoms with E-state index >= 15 is 0 Å². The smallest absolute Gasteiger partial charge is 0.0599 e. The van der Waals surface area contributed by atoms with Crippen LogP contribution in [0.15, 0.2) is 18.3 Å². The molecule has 1 aromatic heterocycles. The van der Waals surface area contributed by atoms with Crippen molar-refractivity contribution in [1.82, 2.24) is 10.3 Å². The van der Waals surface area contributed by atoms with Gasteiger partial charge in [-0.1, -0.05) is 13.8 Å². The van der Waals surface area contributed by atoms with Gasteiger partial charge in [-0.3, -0.25) is 4.98 Å². The Morgan fingerprint density at radius 1 is 1.53 bits per heavy atom. The Kier molecular flexibility index (Phi) is 4.77. The minimum absolute atomic E-state index is 0.155. The average Bonchev–Trinajstić information content (AvgIpc) is 2.44. The predicted octanol–water partition coefficient (Wildman–Crippen LogP) is 1.96. The number of hydrogen-bond donors (Lipinski definition) is 2. The number of aliphatic hydroxyl groups excluding tert-OH is 1. The molecular formula is C15H25N3O. The molecule has 3 atom stereocenters. The van der Waals surface area contributed by atoms with Crippen LogP contribution in [0, 0.1) is 5.92 Å². The van der Waals surface area contributed by atoms with Crippen molar-refractivity contribution >= 4 is 5.69 Å². The number of hydrogen-bond acceptors (Lipinski definition) is 4. The summed E-state index contributed by atoms with van der Waals surface area (Å²) >= 11 is 0. The van der Waals surface area contributed by atoms with Crippen LogP contribution in [-0.2, 0) is 0 Å². The lowest BCUT2D eigenvalue weighted by Gasteiger charge is -2.35. The minimum atomic E-state index is -0.155. The van der Waals surface area contributed by atoms with Crippen molar-refractivity contribution in [3.8, 4) is 0 Å². The lowest BCUT2D eigenvalue weighted by atomic mass is 9.96. The third-order valence-corrected chi connectivity index (χ3v) is 4.11. The van der Waals surface area contributed by atoms with Gasteiger partial charge in [0.2, 0.25) is 0 Å². The first-order chi connectivity index (χ1) is 9.15. The largest absolute Gasteiger partial charge is 0.393 e. The molecule has 0 saturated carbocycles. The number of rotatable bonds is 4. The quantitative estimate of drug-likeness (QED) is 0.872. The molecular weight excluding hydrogens is 238 g/mol. The monoisotopic (exact) mass is 263 g/mol. The van der Waals surface area contributed by atoms with Crippen LogP contribution in [0.2, 0.25) is 0 Å². The van der Waals surface area contributed by atoms with Crippen molar-refractivity contribution in [2.75, 3.05) is 25.0 Å². The molecule has 19 heavy (non-hydrogen) atoms. The molecule has 2 rings (SSSR count). The Morgan fingerprint density at radius 2 is 2.32 bits per heavy atom. The van der Waals surface area contributed by atoms with Crippen LogP contribution >= 0.6 is 0 Å². The van der Waals surface area contributed by atoms with Crippen molar-refractivity contribution in [3.05, 3.63) is 24.0 Å². The van der Waals surface area contributed by atoms with E-state index in [0.717, 1.165) is 37.3 Å². The van der Waals surface area contributed by atoms with Crippen LogP contribution in [0.4, 0.5) is 5.69 Å². The summed E-state index contributed by atoms with van der Waals surface area (Å²) in [7, 11) is 1.97. The normalized spacial score (nSPS) is 25.4. The van der Waals surface area contributed by atoms with E-state index in [1.807, 2.05) is 13.2 Å². The molecule has 1 fully saturated rings. The molecule has 2 heterocycles. The number of anilines is 1. The molecule has 1 aromatic rings. The molecule has 0 aromatic carbocycles. The van der Waals surface area contributed by atoms with Gasteiger partial charge in [-0.15, -0.1) is 0 Å². The molecule has 1 saturated heterocycles. The van der Waals surface area contributed by atoms with Gasteiger partial charge in [0.25, 0.3) is 0 Å². The van der Waals surface area contributed by atoms with Crippen molar-refractivity contribution < 1.29 is 5.11 Å². The zero-order chi connectivity index (χ0) is 13.8. The summed E-state index contributed by atoms with van der Waals surface area (Å²) in [6.45, 7) is 6.08. The predicted molar refractivity (Wildman–Crippen MR) is 78.3 cm³/mol. The van der Waals surface area contributed by atoms with Crippen LogP contribution < -0.4 is 10.2 Å². The maximum atomic E-state index is 9.77. The number of nitrogens with one attached hydrogen (secondary N) is 1. The zero-order valence-electron chi connectivity index (χ0n) is 12.1. The molecule has 1 aliphatic heterocycles. The number of aromatic nitrogens is 1. The Morgan fingerprint density at radius 3 is 2.84 bits per heavy atom. The Balaban J connectivity index is 2.06. The summed E-state index contributed by atoms with van der Waals surface area (Å²) in [5.74, 6) is 0.328. The molecule has 4 heteroatoms. The van der Waals surface area contributed by atoms with Crippen molar-refractivity contribution in [1.29, 1.82) is 0 Å². The fourth-order valence-electron chi connectivity index (χ4n) is 2.72. The zero-order valence-corrected chi connectivity index (χ0v) is 12.1. The van der Waals surface area contributed by atoms with E-state index in [-0.39, 0.29) is 6.10 Å². The third-order valence-electron chi connectivity index (χ3n) is 4.11. The van der Waals surface area contributed by atoms with Crippen LogP contribution in [-0.4, -0.2) is 36.3 Å². The van der Waals surface area contributed by atoms with Gasteiger partial charge in [0, 0.05) is 19.1 Å². The first-order valence-corrected chi connectivity index (χ1v) is 7.22. The lowest BCUT2D eigenvalue weighted by Crippen LogP contribution is -2.42. The highest BCUT2D eigenvalue weighted by molar-refractivity contribution is 5.45. The van der Waals surface area contributed by atoms with Gasteiger partial charge >= 0.3 is 0 Å². The molecule has 1 aliphatic rings. The van der Waals surface area contributed by atoms with E-state index in [1.165, 1.54) is 0 Å². The molecule has 0 aliphatic carbocycles. The van der Waals surface area contributed by atoms with E-state index in [2.05, 4.69) is 41.2 Å². The van der Waals surface area contributed by atoms with Gasteiger partial charge in [-0.2, -0.15) is 0 Å². The highest BCUT2D eigenvalue weighted by atomic mass is 16.3. The van der Waals surface area contributed by atoms with Crippen LogP contribution in [0.1, 0.15) is 38.4 Å². The fraction of sp³-hybridized carbons (Fsp3) is 0.667. The maximum Gasteiger partial charge on any atom is 0.0599 e. The van der Waals surface area contributed by atoms with Crippen molar-refractivity contribution in [2.24, 2.45) is 5.92 Å². The summed E-state index contributed by atoms with van der Waals surface area (Å²) in [5.41, 5.74) is 2.26. The number of aliphatic hydroxyl groups is 1. The third kappa shape index (κ3) is 3.25. The molecule has 0 spiro atoms. The van der Waals surface area contributed by atoms with E-state index in [9.17, 15) is 5.11 Å².